The van der Waals surface area contributed by atoms with Gasteiger partial charge < -0.3 is 14.6 Å². The molecule has 0 fully saturated rings. The molecule has 0 saturated heterocycles. The highest BCUT2D eigenvalue weighted by atomic mass is 16.3. The van der Waals surface area contributed by atoms with E-state index < -0.39 is 0 Å². The molecular formula is C52H41N3O2. The molecule has 0 atom stereocenters. The van der Waals surface area contributed by atoms with Crippen molar-refractivity contribution in [3.8, 4) is 33.4 Å². The number of amidine groups is 1. The molecule has 57 heavy (non-hydrogen) atoms. The van der Waals surface area contributed by atoms with Gasteiger partial charge in [-0.15, -0.1) is 0 Å². The summed E-state index contributed by atoms with van der Waals surface area (Å²) in [6.45, 7) is 6.21. The number of benzene rings is 8. The second-order valence-corrected chi connectivity index (χ2v) is 13.8. The van der Waals surface area contributed by atoms with Gasteiger partial charge in [0.2, 0.25) is 0 Å². The molecule has 0 radical (unpaired) electrons. The van der Waals surface area contributed by atoms with E-state index in [0.29, 0.717) is 11.1 Å². The molecular weight excluding hydrogens is 699 g/mol. The van der Waals surface area contributed by atoms with Gasteiger partial charge in [0.05, 0.1) is 6.54 Å². The van der Waals surface area contributed by atoms with Gasteiger partial charge in [-0.3, -0.25) is 10.4 Å². The summed E-state index contributed by atoms with van der Waals surface area (Å²) in [5.41, 5.74) is 18.5. The minimum absolute atomic E-state index is 0.00225. The van der Waals surface area contributed by atoms with Crippen LogP contribution in [0, 0.1) is 12.3 Å². The van der Waals surface area contributed by atoms with Crippen LogP contribution in [0.4, 0.5) is 0 Å². The summed E-state index contributed by atoms with van der Waals surface area (Å²) in [6, 6.07) is 63.5. The van der Waals surface area contributed by atoms with Crippen molar-refractivity contribution >= 4 is 56.4 Å². The van der Waals surface area contributed by atoms with Crippen molar-refractivity contribution in [2.24, 2.45) is 10.7 Å². The Bertz CT molecular complexity index is 2970. The van der Waals surface area contributed by atoms with Crippen molar-refractivity contribution < 1.29 is 8.83 Å². The van der Waals surface area contributed by atoms with E-state index in [-0.39, 0.29) is 5.84 Å². The molecule has 0 spiro atoms. The highest BCUT2D eigenvalue weighted by Gasteiger charge is 2.23. The van der Waals surface area contributed by atoms with Crippen molar-refractivity contribution in [3.63, 3.8) is 0 Å². The molecule has 5 nitrogen and oxygen atoms in total. The number of furan rings is 2. The highest BCUT2D eigenvalue weighted by Crippen LogP contribution is 2.45. The molecule has 5 heteroatoms. The van der Waals surface area contributed by atoms with Crippen LogP contribution < -0.4 is 5.73 Å². The molecule has 2 heterocycles. The van der Waals surface area contributed by atoms with E-state index in [1.807, 2.05) is 115 Å². The molecule has 0 amide bonds. The van der Waals surface area contributed by atoms with Crippen LogP contribution in [0.25, 0.3) is 77.3 Å². The number of hydrogen-bond donors (Lipinski definition) is 2. The van der Waals surface area contributed by atoms with Crippen LogP contribution in [-0.4, -0.2) is 12.6 Å². The third-order valence-electron chi connectivity index (χ3n) is 9.97. The third-order valence-corrected chi connectivity index (χ3v) is 9.97. The second-order valence-electron chi connectivity index (χ2n) is 13.8. The summed E-state index contributed by atoms with van der Waals surface area (Å²) >= 11 is 0. The lowest BCUT2D eigenvalue weighted by atomic mass is 9.93. The number of nitrogens with two attached hydrogens (primary N) is 1. The average molecular weight is 740 g/mol. The molecule has 2 aromatic heterocycles. The van der Waals surface area contributed by atoms with Gasteiger partial charge in [-0.1, -0.05) is 163 Å². The van der Waals surface area contributed by atoms with Gasteiger partial charge in [-0.05, 0) is 66.2 Å². The number of nitrogens with one attached hydrogen (secondary N) is 1. The first-order valence-corrected chi connectivity index (χ1v) is 18.9. The lowest BCUT2D eigenvalue weighted by molar-refractivity contribution is 0.665. The van der Waals surface area contributed by atoms with Gasteiger partial charge in [0, 0.05) is 43.8 Å². The maximum absolute atomic E-state index is 8.46. The average Bonchev–Trinajstić information content (AvgIpc) is 3.84. The number of nitrogen functional groups attached to an aromatic ring is 1. The maximum Gasteiger partial charge on any atom is 0.144 e. The van der Waals surface area contributed by atoms with Crippen LogP contribution in [0.15, 0.2) is 202 Å². The SMILES string of the molecule is C=NCc1ccccc1.Cc1ccccc1.N=C(N)c1ccc(-c2cccc3c2oc2ccccc23)c2oc3c(-c4ccccc4)cc(-c4ccccc4)cc3c12. The lowest BCUT2D eigenvalue weighted by Crippen LogP contribution is -2.11. The number of nitrogens with zero attached hydrogens (tertiary/aromatic N) is 1. The number of rotatable bonds is 6. The van der Waals surface area contributed by atoms with Crippen LogP contribution >= 0.6 is 0 Å². The first-order chi connectivity index (χ1) is 28.0. The summed E-state index contributed by atoms with van der Waals surface area (Å²) in [5.74, 6) is -0.00225. The van der Waals surface area contributed by atoms with Crippen LogP contribution in [0.5, 0.6) is 0 Å². The fourth-order valence-electron chi connectivity index (χ4n) is 7.25. The van der Waals surface area contributed by atoms with Crippen molar-refractivity contribution in [2.75, 3.05) is 0 Å². The summed E-state index contributed by atoms with van der Waals surface area (Å²) in [5, 5.41) is 12.3. The number of fused-ring (bicyclic) bond motifs is 6. The summed E-state index contributed by atoms with van der Waals surface area (Å²) in [6.07, 6.45) is 0. The Labute approximate surface area is 331 Å². The fraction of sp³-hybridized carbons (Fsp3) is 0.0385. The zero-order valence-electron chi connectivity index (χ0n) is 31.7. The molecule has 0 saturated carbocycles. The molecule has 3 N–H and O–H groups in total. The monoisotopic (exact) mass is 739 g/mol. The normalized spacial score (nSPS) is 10.8. The quantitative estimate of drug-likeness (QED) is 0.131. The Hall–Kier alpha value is -7.50. The molecule has 0 aliphatic carbocycles. The van der Waals surface area contributed by atoms with E-state index in [0.717, 1.165) is 78.2 Å². The first-order valence-electron chi connectivity index (χ1n) is 18.9. The summed E-state index contributed by atoms with van der Waals surface area (Å²) in [7, 11) is 0. The van der Waals surface area contributed by atoms with Gasteiger partial charge in [-0.25, -0.2) is 0 Å². The predicted octanol–water partition coefficient (Wildman–Crippen LogP) is 13.7. The Morgan fingerprint density at radius 1 is 0.526 bits per heavy atom. The smallest absolute Gasteiger partial charge is 0.144 e. The molecule has 276 valence electrons. The molecule has 10 rings (SSSR count). The van der Waals surface area contributed by atoms with E-state index in [2.05, 4.69) is 91.4 Å². The number of aliphatic imine (C=N–C) groups is 1. The highest BCUT2D eigenvalue weighted by molar-refractivity contribution is 6.23. The standard InChI is InChI=1S/C37H24N2O2.C8H9N.C7H8/c38-37(39)29-19-18-28(27-16-9-15-26-25-14-7-8-17-32(25)40-34(26)27)36-33(29)31-21-24(22-10-3-1-4-11-22)20-30(35(31)41-36)23-12-5-2-6-13-23;1-9-7-8-5-3-2-4-6-8;1-7-5-3-2-4-6-7/h1-21H,(H3,38,39);2-6H,1,7H2;2-6H,1H3. The van der Waals surface area contributed by atoms with Gasteiger partial charge >= 0.3 is 0 Å². The Morgan fingerprint density at radius 3 is 1.75 bits per heavy atom. The van der Waals surface area contributed by atoms with E-state index in [4.69, 9.17) is 20.0 Å². The van der Waals surface area contributed by atoms with Crippen molar-refractivity contribution in [3.05, 3.63) is 205 Å². The van der Waals surface area contributed by atoms with Crippen molar-refractivity contribution in [1.29, 1.82) is 5.41 Å². The summed E-state index contributed by atoms with van der Waals surface area (Å²) in [4.78, 5) is 3.76. The lowest BCUT2D eigenvalue weighted by Gasteiger charge is -2.09. The number of para-hydroxylation sites is 2. The molecule has 8 aromatic carbocycles. The number of aryl methyl sites for hydroxylation is 1. The van der Waals surface area contributed by atoms with Crippen LogP contribution in [0.1, 0.15) is 16.7 Å². The predicted molar refractivity (Wildman–Crippen MR) is 239 cm³/mol. The molecule has 0 unspecified atom stereocenters. The van der Waals surface area contributed by atoms with Gasteiger partial charge in [0.1, 0.15) is 28.2 Å². The molecule has 0 aliphatic rings. The Balaban J connectivity index is 0.000000237. The zero-order valence-corrected chi connectivity index (χ0v) is 31.7. The van der Waals surface area contributed by atoms with E-state index >= 15 is 0 Å². The maximum atomic E-state index is 8.46. The Kier molecular flexibility index (Phi) is 10.5. The Morgan fingerprint density at radius 2 is 1.11 bits per heavy atom. The van der Waals surface area contributed by atoms with Crippen LogP contribution in [0.2, 0.25) is 0 Å². The van der Waals surface area contributed by atoms with E-state index in [1.54, 1.807) is 0 Å². The minimum Gasteiger partial charge on any atom is -0.455 e. The number of hydrogen-bond acceptors (Lipinski definition) is 4. The molecule has 10 aromatic rings. The first kappa shape index (κ1) is 36.5. The van der Waals surface area contributed by atoms with E-state index in [1.165, 1.54) is 11.1 Å². The third kappa shape index (κ3) is 7.60. The van der Waals surface area contributed by atoms with Gasteiger partial charge in [0.15, 0.2) is 0 Å². The van der Waals surface area contributed by atoms with Gasteiger partial charge in [0.25, 0.3) is 0 Å². The topological polar surface area (TPSA) is 88.5 Å². The van der Waals surface area contributed by atoms with Gasteiger partial charge in [-0.2, -0.15) is 0 Å². The van der Waals surface area contributed by atoms with Crippen molar-refractivity contribution in [1.82, 2.24) is 0 Å². The van der Waals surface area contributed by atoms with Crippen LogP contribution in [0.3, 0.4) is 0 Å². The van der Waals surface area contributed by atoms with E-state index in [9.17, 15) is 0 Å². The zero-order chi connectivity index (χ0) is 39.1. The second kappa shape index (κ2) is 16.5. The van der Waals surface area contributed by atoms with Crippen molar-refractivity contribution in [2.45, 2.75) is 13.5 Å². The largest absolute Gasteiger partial charge is 0.455 e. The fourth-order valence-corrected chi connectivity index (χ4v) is 7.25. The molecule has 0 aliphatic heterocycles. The van der Waals surface area contributed by atoms with Crippen LogP contribution in [-0.2, 0) is 6.54 Å². The summed E-state index contributed by atoms with van der Waals surface area (Å²) < 4.78 is 13.2. The molecule has 0 bridgehead atoms. The minimum atomic E-state index is -0.00225.